The van der Waals surface area contributed by atoms with Gasteiger partial charge in [-0.2, -0.15) is 4.31 Å². The molecule has 0 bridgehead atoms. The Morgan fingerprint density at radius 2 is 1.64 bits per heavy atom. The molecule has 3 saturated heterocycles. The van der Waals surface area contributed by atoms with Gasteiger partial charge in [0.25, 0.3) is 10.0 Å². The van der Waals surface area contributed by atoms with Crippen LogP contribution in [-0.4, -0.2) is 120 Å². The van der Waals surface area contributed by atoms with E-state index in [1.165, 1.54) is 36.3 Å². The van der Waals surface area contributed by atoms with Crippen molar-refractivity contribution in [2.45, 2.75) is 42.6 Å². The molecule has 42 heavy (non-hydrogen) atoms. The summed E-state index contributed by atoms with van der Waals surface area (Å²) in [5.74, 6) is -0.250. The van der Waals surface area contributed by atoms with E-state index in [4.69, 9.17) is 0 Å². The van der Waals surface area contributed by atoms with Gasteiger partial charge in [0.2, 0.25) is 0 Å². The summed E-state index contributed by atoms with van der Waals surface area (Å²) in [5, 5.41) is 0.804. The second-order valence-electron chi connectivity index (χ2n) is 11.7. The van der Waals surface area contributed by atoms with Gasteiger partial charge < -0.3 is 14.4 Å². The summed E-state index contributed by atoms with van der Waals surface area (Å²) in [6.07, 6.45) is 7.65. The van der Waals surface area contributed by atoms with E-state index in [9.17, 15) is 12.8 Å². The Labute approximate surface area is 252 Å². The largest absolute Gasteiger partial charge is 0.345 e. The van der Waals surface area contributed by atoms with Crippen LogP contribution in [-0.2, 0) is 16.6 Å². The standard InChI is InChI=1S/C29H41FN8O2S2/c1-23(24-3-5-25(30)6-4-24)38-22-31-19-27(38)21-34-11-17-37(18-12-34)42(39,40)28-20-32-29(41-28)36-15-13-35(14-16-36)26-7-9-33(2)10-8-26/h3-6,19-20,22-23,26H,7-18,21H2,1-2H3/t23-/m1/s1. The molecule has 3 aliphatic heterocycles. The minimum atomic E-state index is -3.59. The fourth-order valence-electron chi connectivity index (χ4n) is 6.34. The van der Waals surface area contributed by atoms with Crippen LogP contribution in [0.4, 0.5) is 9.52 Å². The molecular formula is C29H41FN8O2S2. The summed E-state index contributed by atoms with van der Waals surface area (Å²) >= 11 is 1.30. The third-order valence-electron chi connectivity index (χ3n) is 9.09. The summed E-state index contributed by atoms with van der Waals surface area (Å²) in [4.78, 5) is 18.4. The van der Waals surface area contributed by atoms with Gasteiger partial charge in [-0.15, -0.1) is 0 Å². The molecule has 0 saturated carbocycles. The molecule has 0 N–H and O–H groups in total. The Morgan fingerprint density at radius 1 is 0.952 bits per heavy atom. The van der Waals surface area contributed by atoms with Crippen molar-refractivity contribution >= 4 is 26.5 Å². The lowest BCUT2D eigenvalue weighted by Crippen LogP contribution is -2.53. The van der Waals surface area contributed by atoms with E-state index >= 15 is 0 Å². The summed E-state index contributed by atoms with van der Waals surface area (Å²) in [6.45, 7) is 11.0. The number of nitrogens with zero attached hydrogens (tertiary/aromatic N) is 8. The number of thiazole rings is 1. The SMILES string of the molecule is C[C@H](c1ccc(F)cc1)n1cncc1CN1CCN(S(=O)(=O)c2cnc(N3CCN(C4CCN(C)CC4)CC3)s2)CC1. The smallest absolute Gasteiger partial charge is 0.254 e. The molecule has 0 aliphatic carbocycles. The van der Waals surface area contributed by atoms with Gasteiger partial charge in [-0.25, -0.2) is 22.8 Å². The zero-order valence-corrected chi connectivity index (χ0v) is 26.1. The van der Waals surface area contributed by atoms with Crippen molar-refractivity contribution in [3.8, 4) is 0 Å². The van der Waals surface area contributed by atoms with Crippen molar-refractivity contribution in [3.63, 3.8) is 0 Å². The highest BCUT2D eigenvalue weighted by Crippen LogP contribution is 2.30. The molecule has 3 aromatic rings. The predicted octanol–water partition coefficient (Wildman–Crippen LogP) is 2.81. The third kappa shape index (κ3) is 6.41. The fourth-order valence-corrected chi connectivity index (χ4v) is 9.09. The van der Waals surface area contributed by atoms with Crippen LogP contribution in [0.3, 0.4) is 0 Å². The first-order chi connectivity index (χ1) is 20.3. The van der Waals surface area contributed by atoms with Crippen LogP contribution in [0.25, 0.3) is 0 Å². The topological polar surface area (TPSA) is 81.0 Å². The molecule has 3 fully saturated rings. The highest BCUT2D eigenvalue weighted by Gasteiger charge is 2.32. The molecule has 1 atom stereocenters. The molecule has 1 aromatic carbocycles. The number of piperazine rings is 2. The number of rotatable bonds is 8. The number of imidazole rings is 1. The lowest BCUT2D eigenvalue weighted by molar-refractivity contribution is 0.115. The summed E-state index contributed by atoms with van der Waals surface area (Å²) < 4.78 is 44.5. The second kappa shape index (κ2) is 12.7. The van der Waals surface area contributed by atoms with Crippen LogP contribution in [0.5, 0.6) is 0 Å². The quantitative estimate of drug-likeness (QED) is 0.383. The number of likely N-dealkylation sites (tertiary alicyclic amines) is 1. The Balaban J connectivity index is 1.02. The normalized spacial score (nSPS) is 21.6. The Bertz CT molecular complexity index is 1420. The van der Waals surface area contributed by atoms with Crippen molar-refractivity contribution in [1.29, 1.82) is 0 Å². The average Bonchev–Trinajstić information content (AvgIpc) is 3.69. The lowest BCUT2D eigenvalue weighted by Gasteiger charge is -2.42. The fraction of sp³-hybridized carbons (Fsp3) is 0.586. The van der Waals surface area contributed by atoms with Gasteiger partial charge in [0, 0.05) is 71.1 Å². The lowest BCUT2D eigenvalue weighted by atomic mass is 10.0. The molecular weight excluding hydrogens is 576 g/mol. The van der Waals surface area contributed by atoms with Crippen LogP contribution >= 0.6 is 11.3 Å². The minimum Gasteiger partial charge on any atom is -0.345 e. The van der Waals surface area contributed by atoms with E-state index in [0.717, 1.165) is 55.7 Å². The first kappa shape index (κ1) is 29.6. The number of hydrogen-bond donors (Lipinski definition) is 0. The number of anilines is 1. The van der Waals surface area contributed by atoms with Crippen molar-refractivity contribution in [3.05, 3.63) is 60.1 Å². The van der Waals surface area contributed by atoms with E-state index < -0.39 is 10.0 Å². The van der Waals surface area contributed by atoms with Gasteiger partial charge in [0.15, 0.2) is 9.34 Å². The van der Waals surface area contributed by atoms with Gasteiger partial charge in [0.05, 0.1) is 24.3 Å². The van der Waals surface area contributed by atoms with Crippen molar-refractivity contribution < 1.29 is 12.8 Å². The molecule has 0 amide bonds. The molecule has 6 rings (SSSR count). The maximum atomic E-state index is 13.5. The number of halogens is 1. The number of sulfonamides is 1. The Hall–Kier alpha value is -2.42. The summed E-state index contributed by atoms with van der Waals surface area (Å²) in [6, 6.07) is 7.23. The molecule has 2 aromatic heterocycles. The van der Waals surface area contributed by atoms with Gasteiger partial charge in [-0.1, -0.05) is 23.5 Å². The van der Waals surface area contributed by atoms with Crippen molar-refractivity contribution in [2.24, 2.45) is 0 Å². The van der Waals surface area contributed by atoms with Gasteiger partial charge in [-0.3, -0.25) is 9.80 Å². The highest BCUT2D eigenvalue weighted by atomic mass is 32.2. The van der Waals surface area contributed by atoms with E-state index in [0.29, 0.717) is 43.0 Å². The molecule has 228 valence electrons. The Kier molecular flexibility index (Phi) is 8.94. The summed E-state index contributed by atoms with van der Waals surface area (Å²) in [5.41, 5.74) is 2.06. The number of benzene rings is 1. The third-order valence-corrected chi connectivity index (χ3v) is 12.5. The van der Waals surface area contributed by atoms with Gasteiger partial charge in [-0.05, 0) is 57.6 Å². The van der Waals surface area contributed by atoms with E-state index in [-0.39, 0.29) is 11.9 Å². The Morgan fingerprint density at radius 3 is 2.33 bits per heavy atom. The first-order valence-corrected chi connectivity index (χ1v) is 17.2. The van der Waals surface area contributed by atoms with Crippen LogP contribution in [0, 0.1) is 5.82 Å². The molecule has 0 spiro atoms. The van der Waals surface area contributed by atoms with Crippen molar-refractivity contribution in [1.82, 2.24) is 33.5 Å². The van der Waals surface area contributed by atoms with Gasteiger partial charge >= 0.3 is 0 Å². The number of piperidine rings is 1. The monoisotopic (exact) mass is 616 g/mol. The average molecular weight is 617 g/mol. The van der Waals surface area contributed by atoms with Crippen LogP contribution in [0.2, 0.25) is 0 Å². The molecule has 3 aliphatic rings. The molecule has 13 heteroatoms. The van der Waals surface area contributed by atoms with Crippen molar-refractivity contribution in [2.75, 3.05) is 77.4 Å². The van der Waals surface area contributed by atoms with E-state index in [1.54, 1.807) is 29.0 Å². The second-order valence-corrected chi connectivity index (χ2v) is 14.9. The van der Waals surface area contributed by atoms with E-state index in [1.807, 2.05) is 6.20 Å². The number of hydrogen-bond acceptors (Lipinski definition) is 9. The number of aromatic nitrogens is 3. The van der Waals surface area contributed by atoms with Gasteiger partial charge in [0.1, 0.15) is 5.82 Å². The summed E-state index contributed by atoms with van der Waals surface area (Å²) in [7, 11) is -1.39. The van der Waals surface area contributed by atoms with E-state index in [2.05, 4.69) is 48.1 Å². The van der Waals surface area contributed by atoms with Crippen LogP contribution in [0.15, 0.2) is 47.2 Å². The van der Waals surface area contributed by atoms with Crippen LogP contribution < -0.4 is 4.90 Å². The predicted molar refractivity (Wildman–Crippen MR) is 163 cm³/mol. The molecule has 5 heterocycles. The van der Waals surface area contributed by atoms with Crippen LogP contribution in [0.1, 0.15) is 37.1 Å². The molecule has 0 unspecified atom stereocenters. The highest BCUT2D eigenvalue weighted by molar-refractivity contribution is 7.91. The zero-order valence-electron chi connectivity index (χ0n) is 24.5. The molecule has 10 nitrogen and oxygen atoms in total. The zero-order chi connectivity index (χ0) is 29.3. The first-order valence-electron chi connectivity index (χ1n) is 14.9. The minimum absolute atomic E-state index is 0.0162. The maximum absolute atomic E-state index is 13.5. The maximum Gasteiger partial charge on any atom is 0.254 e. The molecule has 0 radical (unpaired) electrons.